The molecule has 36 heavy (non-hydrogen) atoms. The van der Waals surface area contributed by atoms with Crippen molar-refractivity contribution in [3.05, 3.63) is 64.1 Å². The van der Waals surface area contributed by atoms with Crippen molar-refractivity contribution in [2.45, 2.75) is 32.6 Å². The number of nitrogens with one attached hydrogen (secondary N) is 1. The number of aromatic nitrogens is 3. The van der Waals surface area contributed by atoms with E-state index in [1.807, 2.05) is 0 Å². The van der Waals surface area contributed by atoms with Gasteiger partial charge in [0.1, 0.15) is 5.82 Å². The topological polar surface area (TPSA) is 111 Å². The van der Waals surface area contributed by atoms with Crippen molar-refractivity contribution in [1.29, 1.82) is 0 Å². The molecule has 13 heteroatoms. The van der Waals surface area contributed by atoms with Crippen molar-refractivity contribution < 1.29 is 35.9 Å². The minimum atomic E-state index is -4.79. The number of primary amides is 1. The number of halogens is 6. The van der Waals surface area contributed by atoms with E-state index in [1.54, 1.807) is 13.8 Å². The summed E-state index contributed by atoms with van der Waals surface area (Å²) in [6.07, 6.45) is -8.25. The highest BCUT2D eigenvalue weighted by Gasteiger charge is 2.35. The number of carbonyl (C=O) groups is 1. The van der Waals surface area contributed by atoms with E-state index in [-0.39, 0.29) is 23.6 Å². The highest BCUT2D eigenvalue weighted by Crippen LogP contribution is 2.37. The quantitative estimate of drug-likeness (QED) is 0.451. The van der Waals surface area contributed by atoms with Crippen LogP contribution < -0.4 is 16.0 Å². The monoisotopic (exact) mass is 514 g/mol. The summed E-state index contributed by atoms with van der Waals surface area (Å²) in [6, 6.07) is 6.58. The second-order valence-corrected chi connectivity index (χ2v) is 8.57. The third kappa shape index (κ3) is 6.61. The fourth-order valence-electron chi connectivity index (χ4n) is 3.25. The highest BCUT2D eigenvalue weighted by atomic mass is 19.4. The van der Waals surface area contributed by atoms with E-state index in [0.29, 0.717) is 5.56 Å². The molecule has 1 aromatic carbocycles. The van der Waals surface area contributed by atoms with Crippen molar-refractivity contribution >= 4 is 5.91 Å². The first-order valence-corrected chi connectivity index (χ1v) is 10.3. The molecular weight excluding hydrogens is 494 g/mol. The first kappa shape index (κ1) is 26.7. The molecule has 0 bridgehead atoms. The van der Waals surface area contributed by atoms with Gasteiger partial charge in [0, 0.05) is 34.9 Å². The van der Waals surface area contributed by atoms with Gasteiger partial charge in [-0.15, -0.1) is 0 Å². The van der Waals surface area contributed by atoms with Gasteiger partial charge in [0.2, 0.25) is 11.8 Å². The third-order valence-corrected chi connectivity index (χ3v) is 5.12. The lowest BCUT2D eigenvalue weighted by molar-refractivity contribution is -0.154. The number of alkyl halides is 6. The van der Waals surface area contributed by atoms with Crippen LogP contribution in [-0.4, -0.2) is 33.6 Å². The van der Waals surface area contributed by atoms with Crippen LogP contribution in [0.3, 0.4) is 0 Å². The van der Waals surface area contributed by atoms with Gasteiger partial charge in [-0.25, -0.2) is 9.97 Å². The number of benzene rings is 1. The predicted octanol–water partition coefficient (Wildman–Crippen LogP) is 4.51. The van der Waals surface area contributed by atoms with E-state index in [1.165, 1.54) is 18.2 Å². The maximum atomic E-state index is 13.8. The van der Waals surface area contributed by atoms with Gasteiger partial charge in [0.25, 0.3) is 5.56 Å². The Hall–Kier alpha value is -3.90. The number of aromatic amines is 1. The number of amides is 1. The lowest BCUT2D eigenvalue weighted by atomic mass is 9.84. The summed E-state index contributed by atoms with van der Waals surface area (Å²) in [5.41, 5.74) is 2.47. The van der Waals surface area contributed by atoms with Gasteiger partial charge in [0.15, 0.2) is 6.61 Å². The van der Waals surface area contributed by atoms with Crippen LogP contribution in [0.25, 0.3) is 22.6 Å². The number of carbonyl (C=O) groups excluding carboxylic acids is 1. The van der Waals surface area contributed by atoms with Crippen LogP contribution in [-0.2, 0) is 17.4 Å². The zero-order valence-corrected chi connectivity index (χ0v) is 18.9. The number of hydrogen-bond donors (Lipinski definition) is 2. The third-order valence-electron chi connectivity index (χ3n) is 5.12. The van der Waals surface area contributed by atoms with Gasteiger partial charge in [-0.2, -0.15) is 26.3 Å². The molecule has 3 aromatic rings. The maximum absolute atomic E-state index is 13.8. The van der Waals surface area contributed by atoms with Gasteiger partial charge in [-0.1, -0.05) is 19.9 Å². The molecule has 0 fully saturated rings. The molecule has 0 saturated carbocycles. The molecule has 0 unspecified atom stereocenters. The highest BCUT2D eigenvalue weighted by molar-refractivity contribution is 5.80. The number of rotatable bonds is 7. The summed E-state index contributed by atoms with van der Waals surface area (Å²) < 4.78 is 82.7. The molecular formula is C23H20F6N4O3. The molecule has 2 heterocycles. The zero-order valence-electron chi connectivity index (χ0n) is 18.9. The molecule has 0 aliphatic carbocycles. The number of hydrogen-bond acceptors (Lipinski definition) is 5. The van der Waals surface area contributed by atoms with E-state index in [2.05, 4.69) is 19.7 Å². The molecule has 0 radical (unpaired) electrons. The van der Waals surface area contributed by atoms with Crippen molar-refractivity contribution in [2.75, 3.05) is 6.61 Å². The van der Waals surface area contributed by atoms with Gasteiger partial charge < -0.3 is 15.5 Å². The summed E-state index contributed by atoms with van der Waals surface area (Å²) in [5, 5.41) is 0. The van der Waals surface area contributed by atoms with Crippen LogP contribution in [0.1, 0.15) is 25.0 Å². The fraction of sp³-hybridized carbons (Fsp3) is 0.304. The molecule has 3 N–H and O–H groups in total. The van der Waals surface area contributed by atoms with Crippen molar-refractivity contribution in [3.63, 3.8) is 0 Å². The van der Waals surface area contributed by atoms with Gasteiger partial charge in [-0.3, -0.25) is 9.59 Å². The van der Waals surface area contributed by atoms with Crippen molar-refractivity contribution in [2.24, 2.45) is 11.1 Å². The Bertz CT molecular complexity index is 1320. The lowest BCUT2D eigenvalue weighted by Crippen LogP contribution is -2.33. The van der Waals surface area contributed by atoms with E-state index in [4.69, 9.17) is 5.73 Å². The first-order chi connectivity index (χ1) is 16.5. The SMILES string of the molecule is CC(C)(Cc1ccc(C(F)(F)F)c(-c2nc(-c3ccc(OCC(F)(F)F)nc3)cc(=O)[nH]2)c1)C(N)=O. The largest absolute Gasteiger partial charge is 0.468 e. The Morgan fingerprint density at radius 1 is 1.06 bits per heavy atom. The van der Waals surface area contributed by atoms with Crippen LogP contribution in [0.2, 0.25) is 0 Å². The number of pyridine rings is 1. The molecule has 0 saturated heterocycles. The summed E-state index contributed by atoms with van der Waals surface area (Å²) in [5.74, 6) is -1.39. The molecule has 0 atom stereocenters. The summed E-state index contributed by atoms with van der Waals surface area (Å²) >= 11 is 0. The number of nitrogens with two attached hydrogens (primary N) is 1. The van der Waals surface area contributed by atoms with Crippen LogP contribution in [0.15, 0.2) is 47.4 Å². The molecule has 2 aromatic heterocycles. The fourth-order valence-corrected chi connectivity index (χ4v) is 3.25. The second-order valence-electron chi connectivity index (χ2n) is 8.57. The molecule has 7 nitrogen and oxygen atoms in total. The Balaban J connectivity index is 2.04. The maximum Gasteiger partial charge on any atom is 0.422 e. The van der Waals surface area contributed by atoms with Crippen LogP contribution in [0.4, 0.5) is 26.3 Å². The number of H-pyrrole nitrogens is 1. The number of ether oxygens (including phenoxy) is 1. The van der Waals surface area contributed by atoms with Crippen LogP contribution >= 0.6 is 0 Å². The smallest absolute Gasteiger partial charge is 0.422 e. The predicted molar refractivity (Wildman–Crippen MR) is 117 cm³/mol. The van der Waals surface area contributed by atoms with E-state index < -0.39 is 52.8 Å². The average Bonchev–Trinajstić information content (AvgIpc) is 2.76. The van der Waals surface area contributed by atoms with Gasteiger partial charge in [0.05, 0.1) is 11.3 Å². The molecule has 192 valence electrons. The van der Waals surface area contributed by atoms with E-state index in [9.17, 15) is 35.9 Å². The van der Waals surface area contributed by atoms with E-state index >= 15 is 0 Å². The Morgan fingerprint density at radius 2 is 1.75 bits per heavy atom. The Kier molecular flexibility index (Phi) is 7.14. The molecule has 0 spiro atoms. The first-order valence-electron chi connectivity index (χ1n) is 10.3. The normalized spacial score (nSPS) is 12.4. The summed E-state index contributed by atoms with van der Waals surface area (Å²) in [4.78, 5) is 34.1. The summed E-state index contributed by atoms with van der Waals surface area (Å²) in [7, 11) is 0. The lowest BCUT2D eigenvalue weighted by Gasteiger charge is -2.21. The van der Waals surface area contributed by atoms with E-state index in [0.717, 1.165) is 24.4 Å². The molecule has 1 amide bonds. The molecule has 3 rings (SSSR count). The minimum Gasteiger partial charge on any atom is -0.468 e. The van der Waals surface area contributed by atoms with Crippen LogP contribution in [0.5, 0.6) is 5.88 Å². The standard InChI is InChI=1S/C23H20F6N4O3/c1-21(2,20(30)35)9-12-3-5-15(23(27,28)29)14(7-12)19-32-16(8-17(34)33-19)13-4-6-18(31-10-13)36-11-22(24,25)26/h3-8,10H,9,11H2,1-2H3,(H2,30,35)(H,32,33,34). The Morgan fingerprint density at radius 3 is 2.31 bits per heavy atom. The molecule has 0 aliphatic rings. The number of nitrogens with zero attached hydrogens (tertiary/aromatic N) is 2. The average molecular weight is 514 g/mol. The zero-order chi connectivity index (χ0) is 26.9. The van der Waals surface area contributed by atoms with Gasteiger partial charge >= 0.3 is 12.4 Å². The second kappa shape index (κ2) is 9.63. The van der Waals surface area contributed by atoms with Crippen molar-refractivity contribution in [1.82, 2.24) is 15.0 Å². The minimum absolute atomic E-state index is 0.0285. The summed E-state index contributed by atoms with van der Waals surface area (Å²) in [6.45, 7) is 1.53. The van der Waals surface area contributed by atoms with Crippen LogP contribution in [0, 0.1) is 5.41 Å². The molecule has 0 aliphatic heterocycles. The van der Waals surface area contributed by atoms with Crippen molar-refractivity contribution in [3.8, 4) is 28.5 Å². The Labute approximate surface area is 200 Å². The van der Waals surface area contributed by atoms with Gasteiger partial charge in [-0.05, 0) is 30.2 Å².